The summed E-state index contributed by atoms with van der Waals surface area (Å²) < 4.78 is 24.8. The Balaban J connectivity index is 2.43. The van der Waals surface area contributed by atoms with Crippen LogP contribution in [-0.4, -0.2) is 36.5 Å². The zero-order chi connectivity index (χ0) is 10.8. The molecular weight excluding hydrogens is 186 g/mol. The van der Waals surface area contributed by atoms with E-state index in [0.29, 0.717) is 19.4 Å². The number of nitrogens with zero attached hydrogens (tertiary/aromatic N) is 1. The van der Waals surface area contributed by atoms with Crippen molar-refractivity contribution < 1.29 is 8.78 Å². The van der Waals surface area contributed by atoms with Gasteiger partial charge in [0.05, 0.1) is 0 Å². The second-order valence-corrected chi connectivity index (χ2v) is 4.68. The van der Waals surface area contributed by atoms with Crippen molar-refractivity contribution in [3.63, 3.8) is 0 Å². The van der Waals surface area contributed by atoms with Gasteiger partial charge < -0.3 is 5.73 Å². The van der Waals surface area contributed by atoms with Crippen molar-refractivity contribution in [3.05, 3.63) is 0 Å². The number of hydrogen-bond acceptors (Lipinski definition) is 2. The van der Waals surface area contributed by atoms with E-state index < -0.39 is 12.3 Å². The Morgan fingerprint density at radius 3 is 2.21 bits per heavy atom. The maximum atomic E-state index is 12.4. The van der Waals surface area contributed by atoms with Gasteiger partial charge in [0, 0.05) is 18.0 Å². The van der Waals surface area contributed by atoms with E-state index in [0.717, 1.165) is 13.1 Å². The molecule has 0 saturated carbocycles. The molecule has 1 fully saturated rings. The standard InChI is InChI=1S/C10H20F2N2/c1-10(2,7-13)14-5-3-8(4-6-14)9(11)12/h8-9H,3-7,13H2,1-2H3. The second-order valence-electron chi connectivity index (χ2n) is 4.68. The zero-order valence-corrected chi connectivity index (χ0v) is 8.97. The fourth-order valence-corrected chi connectivity index (χ4v) is 1.89. The van der Waals surface area contributed by atoms with E-state index in [1.807, 2.05) is 0 Å². The number of hydrogen-bond donors (Lipinski definition) is 1. The lowest BCUT2D eigenvalue weighted by atomic mass is 9.92. The number of likely N-dealkylation sites (tertiary alicyclic amines) is 1. The van der Waals surface area contributed by atoms with Gasteiger partial charge in [-0.25, -0.2) is 8.78 Å². The SMILES string of the molecule is CC(C)(CN)N1CCC(C(F)F)CC1. The van der Waals surface area contributed by atoms with Crippen LogP contribution >= 0.6 is 0 Å². The lowest BCUT2D eigenvalue weighted by Crippen LogP contribution is -2.52. The Bertz CT molecular complexity index is 175. The topological polar surface area (TPSA) is 29.3 Å². The van der Waals surface area contributed by atoms with Crippen LogP contribution in [0, 0.1) is 5.92 Å². The molecule has 2 N–H and O–H groups in total. The molecule has 1 aliphatic rings. The monoisotopic (exact) mass is 206 g/mol. The normalized spacial score (nSPS) is 21.9. The molecule has 0 aromatic rings. The van der Waals surface area contributed by atoms with E-state index in [1.165, 1.54) is 0 Å². The van der Waals surface area contributed by atoms with Crippen LogP contribution in [0.25, 0.3) is 0 Å². The number of piperidine rings is 1. The first-order chi connectivity index (χ1) is 6.47. The molecular formula is C10H20F2N2. The molecule has 84 valence electrons. The van der Waals surface area contributed by atoms with Gasteiger partial charge in [0.2, 0.25) is 6.43 Å². The molecule has 0 aromatic carbocycles. The molecule has 0 unspecified atom stereocenters. The fourth-order valence-electron chi connectivity index (χ4n) is 1.89. The first-order valence-electron chi connectivity index (χ1n) is 5.20. The fraction of sp³-hybridized carbons (Fsp3) is 1.00. The maximum Gasteiger partial charge on any atom is 0.241 e. The van der Waals surface area contributed by atoms with Crippen molar-refractivity contribution in [1.82, 2.24) is 4.90 Å². The molecule has 1 heterocycles. The summed E-state index contributed by atoms with van der Waals surface area (Å²) in [4.78, 5) is 2.21. The van der Waals surface area contributed by atoms with Gasteiger partial charge in [-0.3, -0.25) is 4.90 Å². The highest BCUT2D eigenvalue weighted by molar-refractivity contribution is 4.86. The molecule has 14 heavy (non-hydrogen) atoms. The Hall–Kier alpha value is -0.220. The summed E-state index contributed by atoms with van der Waals surface area (Å²) >= 11 is 0. The van der Waals surface area contributed by atoms with Crippen LogP contribution in [0.15, 0.2) is 0 Å². The van der Waals surface area contributed by atoms with Crippen LogP contribution in [0.4, 0.5) is 8.78 Å². The molecule has 0 atom stereocenters. The molecule has 0 spiro atoms. The predicted octanol–water partition coefficient (Wildman–Crippen LogP) is 1.70. The van der Waals surface area contributed by atoms with E-state index in [2.05, 4.69) is 18.7 Å². The van der Waals surface area contributed by atoms with Crippen molar-refractivity contribution in [3.8, 4) is 0 Å². The largest absolute Gasteiger partial charge is 0.329 e. The summed E-state index contributed by atoms with van der Waals surface area (Å²) in [5, 5.41) is 0. The molecule has 0 amide bonds. The molecule has 0 aliphatic carbocycles. The summed E-state index contributed by atoms with van der Waals surface area (Å²) in [5.74, 6) is -0.403. The maximum absolute atomic E-state index is 12.4. The van der Waals surface area contributed by atoms with Crippen LogP contribution in [0.2, 0.25) is 0 Å². The first-order valence-corrected chi connectivity index (χ1v) is 5.20. The summed E-state index contributed by atoms with van der Waals surface area (Å²) in [5.41, 5.74) is 5.59. The average Bonchev–Trinajstić information content (AvgIpc) is 2.18. The van der Waals surface area contributed by atoms with Gasteiger partial charge in [-0.1, -0.05) is 0 Å². The summed E-state index contributed by atoms with van der Waals surface area (Å²) in [6.07, 6.45) is -0.958. The van der Waals surface area contributed by atoms with Crippen LogP contribution in [0.5, 0.6) is 0 Å². The average molecular weight is 206 g/mol. The zero-order valence-electron chi connectivity index (χ0n) is 8.97. The van der Waals surface area contributed by atoms with Crippen LogP contribution in [0.1, 0.15) is 26.7 Å². The van der Waals surface area contributed by atoms with Crippen LogP contribution < -0.4 is 5.73 Å². The Morgan fingerprint density at radius 2 is 1.86 bits per heavy atom. The lowest BCUT2D eigenvalue weighted by Gasteiger charge is -2.42. The van der Waals surface area contributed by atoms with Gasteiger partial charge in [-0.15, -0.1) is 0 Å². The number of halogens is 2. The van der Waals surface area contributed by atoms with E-state index in [9.17, 15) is 8.78 Å². The summed E-state index contributed by atoms with van der Waals surface area (Å²) in [6, 6.07) is 0. The van der Waals surface area contributed by atoms with Gasteiger partial charge in [-0.05, 0) is 39.8 Å². The van der Waals surface area contributed by atoms with E-state index in [1.54, 1.807) is 0 Å². The highest BCUT2D eigenvalue weighted by atomic mass is 19.3. The predicted molar refractivity (Wildman–Crippen MR) is 53.4 cm³/mol. The Morgan fingerprint density at radius 1 is 1.36 bits per heavy atom. The van der Waals surface area contributed by atoms with Gasteiger partial charge in [-0.2, -0.15) is 0 Å². The first kappa shape index (κ1) is 11.9. The minimum atomic E-state index is -2.15. The highest BCUT2D eigenvalue weighted by Gasteiger charge is 2.32. The van der Waals surface area contributed by atoms with Crippen molar-refractivity contribution >= 4 is 0 Å². The van der Waals surface area contributed by atoms with Crippen molar-refractivity contribution in [2.75, 3.05) is 19.6 Å². The third-order valence-corrected chi connectivity index (χ3v) is 3.25. The molecule has 1 rings (SSSR count). The molecule has 0 radical (unpaired) electrons. The smallest absolute Gasteiger partial charge is 0.241 e. The minimum absolute atomic E-state index is 0.0485. The Kier molecular flexibility index (Phi) is 3.84. The lowest BCUT2D eigenvalue weighted by molar-refractivity contribution is 0.00895. The molecule has 1 saturated heterocycles. The van der Waals surface area contributed by atoms with Gasteiger partial charge in [0.15, 0.2) is 0 Å². The number of alkyl halides is 2. The quantitative estimate of drug-likeness (QED) is 0.761. The van der Waals surface area contributed by atoms with Crippen LogP contribution in [0.3, 0.4) is 0 Å². The summed E-state index contributed by atoms with van der Waals surface area (Å²) in [6.45, 7) is 6.20. The van der Waals surface area contributed by atoms with Gasteiger partial charge in [0.25, 0.3) is 0 Å². The molecule has 1 aliphatic heterocycles. The van der Waals surface area contributed by atoms with E-state index >= 15 is 0 Å². The molecule has 0 aromatic heterocycles. The van der Waals surface area contributed by atoms with Crippen LogP contribution in [-0.2, 0) is 0 Å². The van der Waals surface area contributed by atoms with Crippen molar-refractivity contribution in [2.24, 2.45) is 11.7 Å². The number of nitrogens with two attached hydrogens (primary N) is 1. The third kappa shape index (κ3) is 2.64. The number of rotatable bonds is 3. The van der Waals surface area contributed by atoms with Crippen molar-refractivity contribution in [1.29, 1.82) is 0 Å². The van der Waals surface area contributed by atoms with Crippen molar-refractivity contribution in [2.45, 2.75) is 38.7 Å². The van der Waals surface area contributed by atoms with Gasteiger partial charge >= 0.3 is 0 Å². The second kappa shape index (κ2) is 4.53. The molecule has 2 nitrogen and oxygen atoms in total. The molecule has 4 heteroatoms. The summed E-state index contributed by atoms with van der Waals surface area (Å²) in [7, 11) is 0. The van der Waals surface area contributed by atoms with E-state index in [4.69, 9.17) is 5.73 Å². The minimum Gasteiger partial charge on any atom is -0.329 e. The van der Waals surface area contributed by atoms with Gasteiger partial charge in [0.1, 0.15) is 0 Å². The Labute approximate surface area is 84.4 Å². The van der Waals surface area contributed by atoms with E-state index in [-0.39, 0.29) is 5.54 Å². The third-order valence-electron chi connectivity index (χ3n) is 3.25. The highest BCUT2D eigenvalue weighted by Crippen LogP contribution is 2.27. The molecule has 0 bridgehead atoms.